The molecule has 1 aliphatic heterocycles. The Hall–Kier alpha value is -1.60. The third-order valence-corrected chi connectivity index (χ3v) is 7.31. The second-order valence-electron chi connectivity index (χ2n) is 7.21. The second kappa shape index (κ2) is 7.19. The van der Waals surface area contributed by atoms with Crippen LogP contribution in [-0.4, -0.2) is 37.2 Å². The van der Waals surface area contributed by atoms with Crippen molar-refractivity contribution >= 4 is 33.4 Å². The lowest BCUT2D eigenvalue weighted by molar-refractivity contribution is -0.160. The van der Waals surface area contributed by atoms with Crippen LogP contribution in [0.5, 0.6) is 0 Å². The molecule has 1 unspecified atom stereocenters. The molecular weight excluding hydrogens is 376 g/mol. The lowest BCUT2D eigenvalue weighted by Gasteiger charge is -2.50. The molecule has 1 aromatic rings. The highest BCUT2D eigenvalue weighted by Gasteiger charge is 2.51. The predicted octanol–water partition coefficient (Wildman–Crippen LogP) is 2.72. The topological polar surface area (TPSA) is 83.6 Å². The number of benzene rings is 1. The van der Waals surface area contributed by atoms with Gasteiger partial charge in [0.15, 0.2) is 0 Å². The minimum absolute atomic E-state index is 0.0382. The van der Waals surface area contributed by atoms with Crippen LogP contribution in [0.15, 0.2) is 29.2 Å². The molecule has 2 aliphatic rings. The summed E-state index contributed by atoms with van der Waals surface area (Å²) < 4.78 is 27.1. The van der Waals surface area contributed by atoms with E-state index in [0.717, 1.165) is 32.1 Å². The first-order valence-electron chi connectivity index (χ1n) is 8.89. The normalized spacial score (nSPS) is 24.0. The van der Waals surface area contributed by atoms with Gasteiger partial charge in [0, 0.05) is 12.5 Å². The Morgan fingerprint density at radius 3 is 2.42 bits per heavy atom. The number of sulfonamides is 1. The van der Waals surface area contributed by atoms with E-state index in [4.69, 9.17) is 11.6 Å². The molecule has 1 atom stereocenters. The zero-order valence-electron chi connectivity index (χ0n) is 14.7. The predicted molar refractivity (Wildman–Crippen MR) is 98.1 cm³/mol. The summed E-state index contributed by atoms with van der Waals surface area (Å²) in [5.41, 5.74) is -1.14. The Bertz CT molecular complexity index is 820. The molecule has 142 valence electrons. The molecule has 1 heterocycles. The Morgan fingerprint density at radius 1 is 1.19 bits per heavy atom. The van der Waals surface area contributed by atoms with Crippen molar-refractivity contribution in [3.05, 3.63) is 29.3 Å². The number of carbonyl (C=O) groups excluding carboxylic acids is 2. The highest BCUT2D eigenvalue weighted by molar-refractivity contribution is 7.90. The van der Waals surface area contributed by atoms with Crippen molar-refractivity contribution < 1.29 is 18.0 Å². The molecule has 2 amide bonds. The molecule has 1 saturated carbocycles. The molecule has 6 nitrogen and oxygen atoms in total. The Balaban J connectivity index is 1.74. The maximum Gasteiger partial charge on any atom is 0.265 e. The number of halogens is 1. The van der Waals surface area contributed by atoms with Crippen LogP contribution in [0, 0.1) is 5.92 Å². The molecule has 3 rings (SSSR count). The van der Waals surface area contributed by atoms with Gasteiger partial charge in [-0.1, -0.05) is 43.0 Å². The Labute approximate surface area is 158 Å². The summed E-state index contributed by atoms with van der Waals surface area (Å²) >= 11 is 5.94. The number of hydrogen-bond acceptors (Lipinski definition) is 4. The van der Waals surface area contributed by atoms with E-state index in [9.17, 15) is 18.0 Å². The van der Waals surface area contributed by atoms with E-state index in [2.05, 4.69) is 4.72 Å². The molecule has 8 heteroatoms. The molecule has 1 saturated heterocycles. The quantitative estimate of drug-likeness (QED) is 0.845. The van der Waals surface area contributed by atoms with Gasteiger partial charge in [-0.3, -0.25) is 9.59 Å². The van der Waals surface area contributed by atoms with Gasteiger partial charge in [-0.15, -0.1) is 0 Å². The van der Waals surface area contributed by atoms with Crippen molar-refractivity contribution in [3.8, 4) is 0 Å². The van der Waals surface area contributed by atoms with E-state index in [1.807, 2.05) is 0 Å². The van der Waals surface area contributed by atoms with E-state index in [1.54, 1.807) is 13.0 Å². The van der Waals surface area contributed by atoms with Crippen LogP contribution in [0.1, 0.15) is 45.4 Å². The van der Waals surface area contributed by atoms with Crippen molar-refractivity contribution in [3.63, 3.8) is 0 Å². The van der Waals surface area contributed by atoms with Crippen LogP contribution in [0.3, 0.4) is 0 Å². The summed E-state index contributed by atoms with van der Waals surface area (Å²) in [6.45, 7) is 2.10. The molecule has 0 radical (unpaired) electrons. The molecule has 1 aromatic carbocycles. The lowest BCUT2D eigenvalue weighted by Crippen LogP contribution is -2.68. The monoisotopic (exact) mass is 398 g/mol. The highest BCUT2D eigenvalue weighted by Crippen LogP contribution is 2.36. The average Bonchev–Trinajstić information content (AvgIpc) is 2.60. The second-order valence-corrected chi connectivity index (χ2v) is 9.27. The van der Waals surface area contributed by atoms with Crippen LogP contribution >= 0.6 is 11.6 Å². The largest absolute Gasteiger partial charge is 0.328 e. The third kappa shape index (κ3) is 3.47. The van der Waals surface area contributed by atoms with Crippen molar-refractivity contribution in [2.24, 2.45) is 5.92 Å². The SMILES string of the molecule is CC1(C(=O)NS(=O)(=O)c2ccccc2Cl)CCN1C(=O)C1CCCCC1. The fourth-order valence-corrected chi connectivity index (χ4v) is 5.26. The van der Waals surface area contributed by atoms with Crippen molar-refractivity contribution in [2.75, 3.05) is 6.54 Å². The zero-order valence-corrected chi connectivity index (χ0v) is 16.3. The lowest BCUT2D eigenvalue weighted by atomic mass is 9.81. The van der Waals surface area contributed by atoms with E-state index in [0.29, 0.717) is 13.0 Å². The van der Waals surface area contributed by atoms with Gasteiger partial charge in [0.1, 0.15) is 10.4 Å². The van der Waals surface area contributed by atoms with Crippen molar-refractivity contribution in [2.45, 2.75) is 55.9 Å². The third-order valence-electron chi connectivity index (χ3n) is 5.48. The number of likely N-dealkylation sites (tertiary alicyclic amines) is 1. The van der Waals surface area contributed by atoms with E-state index >= 15 is 0 Å². The Kier molecular flexibility index (Phi) is 5.30. The molecule has 0 spiro atoms. The van der Waals surface area contributed by atoms with Crippen LogP contribution in [0.4, 0.5) is 0 Å². The number of carbonyl (C=O) groups is 2. The van der Waals surface area contributed by atoms with E-state index in [1.165, 1.54) is 23.1 Å². The fourth-order valence-electron chi connectivity index (χ4n) is 3.67. The van der Waals surface area contributed by atoms with Gasteiger partial charge in [-0.2, -0.15) is 0 Å². The summed E-state index contributed by atoms with van der Waals surface area (Å²) in [4.78, 5) is 26.9. The molecular formula is C18H23ClN2O4S. The first kappa shape index (κ1) is 19.2. The standard InChI is InChI=1S/C18H23ClN2O4S/c1-18(11-12-21(18)16(22)13-7-3-2-4-8-13)17(23)20-26(24,25)15-10-6-5-9-14(15)19/h5-6,9-10,13H,2-4,7-8,11-12H2,1H3,(H,20,23). The van der Waals surface area contributed by atoms with Crippen LogP contribution < -0.4 is 4.72 Å². The van der Waals surface area contributed by atoms with Crippen LogP contribution in [0.2, 0.25) is 5.02 Å². The molecule has 26 heavy (non-hydrogen) atoms. The van der Waals surface area contributed by atoms with Gasteiger partial charge in [-0.05, 0) is 38.3 Å². The molecule has 0 aromatic heterocycles. The summed E-state index contributed by atoms with van der Waals surface area (Å²) in [5.74, 6) is -0.784. The summed E-state index contributed by atoms with van der Waals surface area (Å²) in [7, 11) is -4.09. The van der Waals surface area contributed by atoms with Gasteiger partial charge in [0.05, 0.1) is 5.02 Å². The van der Waals surface area contributed by atoms with Crippen LogP contribution in [-0.2, 0) is 19.6 Å². The van der Waals surface area contributed by atoms with E-state index in [-0.39, 0.29) is 21.7 Å². The maximum atomic E-state index is 12.8. The van der Waals surface area contributed by atoms with Gasteiger partial charge < -0.3 is 4.90 Å². The summed E-state index contributed by atoms with van der Waals surface area (Å²) in [5, 5.41) is 0.0432. The van der Waals surface area contributed by atoms with Gasteiger partial charge in [0.2, 0.25) is 5.91 Å². The minimum Gasteiger partial charge on any atom is -0.328 e. The number of amides is 2. The zero-order chi connectivity index (χ0) is 18.9. The maximum absolute atomic E-state index is 12.8. The molecule has 1 aliphatic carbocycles. The molecule has 1 N–H and O–H groups in total. The summed E-state index contributed by atoms with van der Waals surface area (Å²) in [6, 6.07) is 5.94. The Morgan fingerprint density at radius 2 is 1.85 bits per heavy atom. The van der Waals surface area contributed by atoms with Gasteiger partial charge in [0.25, 0.3) is 15.9 Å². The van der Waals surface area contributed by atoms with Crippen LogP contribution in [0.25, 0.3) is 0 Å². The van der Waals surface area contributed by atoms with Gasteiger partial charge >= 0.3 is 0 Å². The number of hydrogen-bond donors (Lipinski definition) is 1. The van der Waals surface area contributed by atoms with E-state index < -0.39 is 21.5 Å². The minimum atomic E-state index is -4.09. The smallest absolute Gasteiger partial charge is 0.265 e. The number of rotatable bonds is 4. The average molecular weight is 399 g/mol. The number of nitrogens with zero attached hydrogens (tertiary/aromatic N) is 1. The van der Waals surface area contributed by atoms with Crippen molar-refractivity contribution in [1.29, 1.82) is 0 Å². The first-order valence-corrected chi connectivity index (χ1v) is 10.7. The van der Waals surface area contributed by atoms with Gasteiger partial charge in [-0.25, -0.2) is 13.1 Å². The highest BCUT2D eigenvalue weighted by atomic mass is 35.5. The first-order chi connectivity index (χ1) is 12.3. The van der Waals surface area contributed by atoms with Crippen molar-refractivity contribution in [1.82, 2.24) is 9.62 Å². The summed E-state index contributed by atoms with van der Waals surface area (Å²) in [6.07, 6.45) is 5.30. The molecule has 0 bridgehead atoms. The molecule has 2 fully saturated rings. The fraction of sp³-hybridized carbons (Fsp3) is 0.556. The number of nitrogens with one attached hydrogen (secondary N) is 1.